The molecule has 1 aromatic heterocycles. The van der Waals surface area contributed by atoms with Crippen molar-refractivity contribution in [2.24, 2.45) is 0 Å². The van der Waals surface area contributed by atoms with Gasteiger partial charge in [-0.2, -0.15) is 0 Å². The lowest BCUT2D eigenvalue weighted by molar-refractivity contribution is 0.0608. The Bertz CT molecular complexity index is 953. The van der Waals surface area contributed by atoms with E-state index in [-0.39, 0.29) is 6.10 Å². The van der Waals surface area contributed by atoms with E-state index < -0.39 is 13.4 Å². The van der Waals surface area contributed by atoms with Gasteiger partial charge in [0.1, 0.15) is 6.10 Å². The summed E-state index contributed by atoms with van der Waals surface area (Å²) in [6, 6.07) is 5.41. The lowest BCUT2D eigenvalue weighted by atomic mass is 10.1. The van der Waals surface area contributed by atoms with E-state index in [1.807, 2.05) is 44.5 Å². The maximum atomic E-state index is 6.23. The van der Waals surface area contributed by atoms with Crippen LogP contribution in [0.2, 0.25) is 10.0 Å². The van der Waals surface area contributed by atoms with Gasteiger partial charge in [-0.15, -0.1) is 6.58 Å². The number of aromatic nitrogens is 2. The average molecular weight is 620 g/mol. The highest BCUT2D eigenvalue weighted by molar-refractivity contribution is 8.14. The van der Waals surface area contributed by atoms with Gasteiger partial charge in [0.25, 0.3) is 0 Å². The maximum Gasteiger partial charge on any atom is 0.334 e. The van der Waals surface area contributed by atoms with Crippen molar-refractivity contribution >= 4 is 60.3 Å². The van der Waals surface area contributed by atoms with Gasteiger partial charge in [0, 0.05) is 28.0 Å². The van der Waals surface area contributed by atoms with Crippen LogP contribution < -0.4 is 0 Å². The molecule has 0 fully saturated rings. The van der Waals surface area contributed by atoms with Crippen LogP contribution in [0.3, 0.4) is 0 Å². The molecule has 1 heterocycles. The van der Waals surface area contributed by atoms with Crippen molar-refractivity contribution in [2.45, 2.75) is 40.3 Å². The largest absolute Gasteiger partial charge is 0.368 e. The highest BCUT2D eigenvalue weighted by atomic mass is 35.5. The third kappa shape index (κ3) is 12.6. The highest BCUT2D eigenvalue weighted by Gasteiger charge is 2.32. The summed E-state index contributed by atoms with van der Waals surface area (Å²) < 4.78 is 34.6. The molecule has 2 aromatic rings. The molecule has 0 aliphatic carbocycles. The highest BCUT2D eigenvalue weighted by Crippen LogP contribution is 2.66. The van der Waals surface area contributed by atoms with Gasteiger partial charge in [0.2, 0.25) is 0 Å². The van der Waals surface area contributed by atoms with E-state index in [2.05, 4.69) is 11.6 Å². The molecule has 14 heteroatoms. The molecule has 1 unspecified atom stereocenters. The SMILES string of the molecule is C=CCOC(Cn1ccnc1)c1ccc(Cl)cc1Cl.CCOP(=S)(OCC)OP(=S)(OCC)OCC. The normalized spacial score (nSPS) is 12.6. The van der Waals surface area contributed by atoms with Crippen molar-refractivity contribution in [2.75, 3.05) is 33.0 Å². The first kappa shape index (κ1) is 33.8. The molecule has 0 saturated carbocycles. The second-order valence-electron chi connectivity index (χ2n) is 6.68. The summed E-state index contributed by atoms with van der Waals surface area (Å²) in [6.07, 6.45) is 6.90. The van der Waals surface area contributed by atoms with E-state index in [0.717, 1.165) is 5.56 Å². The number of nitrogens with zero attached hydrogens (tertiary/aromatic N) is 2. The standard InChI is InChI=1S/C14H14Cl2N2O.C8H20O5P2S2/c1-2-7-19-14(9-18-6-5-17-10-18)12-4-3-11(15)8-13(12)16;1-5-9-14(16,10-6-2)13-15(17,11-7-3)12-8-4/h2-6,8,10,14H,1,7,9H2;5-8H2,1-4H3. The van der Waals surface area contributed by atoms with Gasteiger partial charge in [-0.05, 0) is 63.4 Å². The molecule has 8 nitrogen and oxygen atoms in total. The Balaban J connectivity index is 0.000000363. The van der Waals surface area contributed by atoms with Gasteiger partial charge in [-0.3, -0.25) is 0 Å². The Labute approximate surface area is 234 Å². The fourth-order valence-corrected chi connectivity index (χ4v) is 9.60. The summed E-state index contributed by atoms with van der Waals surface area (Å²) in [5.74, 6) is 0. The van der Waals surface area contributed by atoms with Crippen molar-refractivity contribution in [1.82, 2.24) is 9.55 Å². The molecule has 0 aliphatic heterocycles. The minimum Gasteiger partial charge on any atom is -0.368 e. The first-order chi connectivity index (χ1) is 17.2. The quantitative estimate of drug-likeness (QED) is 0.139. The minimum absolute atomic E-state index is 0.169. The van der Waals surface area contributed by atoms with Crippen LogP contribution in [-0.2, 0) is 57.3 Å². The lowest BCUT2D eigenvalue weighted by Gasteiger charge is -2.27. The summed E-state index contributed by atoms with van der Waals surface area (Å²) in [7, 11) is 0. The Hall–Kier alpha value is -0.190. The molecule has 0 spiro atoms. The van der Waals surface area contributed by atoms with Crippen LogP contribution in [0.25, 0.3) is 0 Å². The predicted molar refractivity (Wildman–Crippen MR) is 154 cm³/mol. The van der Waals surface area contributed by atoms with Crippen molar-refractivity contribution in [1.29, 1.82) is 0 Å². The maximum absolute atomic E-state index is 6.23. The summed E-state index contributed by atoms with van der Waals surface area (Å²) in [5, 5.41) is 1.21. The molecule has 36 heavy (non-hydrogen) atoms. The number of hydrogen-bond acceptors (Lipinski definition) is 9. The van der Waals surface area contributed by atoms with Crippen molar-refractivity contribution in [3.05, 3.63) is 65.2 Å². The molecule has 0 N–H and O–H groups in total. The van der Waals surface area contributed by atoms with Crippen molar-refractivity contribution in [3.63, 3.8) is 0 Å². The Morgan fingerprint density at radius 2 is 1.56 bits per heavy atom. The number of hydrogen-bond donors (Lipinski definition) is 0. The average Bonchev–Trinajstić information content (AvgIpc) is 3.31. The molecule has 1 atom stereocenters. The first-order valence-electron chi connectivity index (χ1n) is 11.3. The van der Waals surface area contributed by atoms with Gasteiger partial charge >= 0.3 is 13.4 Å². The second-order valence-corrected chi connectivity index (χ2v) is 13.7. The molecule has 0 aliphatic rings. The third-order valence-corrected chi connectivity index (χ3v) is 10.9. The Morgan fingerprint density at radius 1 is 1.00 bits per heavy atom. The third-order valence-electron chi connectivity index (χ3n) is 4.01. The summed E-state index contributed by atoms with van der Waals surface area (Å²) in [6.45, 7) is 7.84. The van der Waals surface area contributed by atoms with Crippen LogP contribution in [0.15, 0.2) is 49.6 Å². The summed E-state index contributed by atoms with van der Waals surface area (Å²) in [5.41, 5.74) is 0.904. The number of rotatable bonds is 16. The van der Waals surface area contributed by atoms with Gasteiger partial charge < -0.3 is 27.4 Å². The fourth-order valence-electron chi connectivity index (χ4n) is 2.70. The van der Waals surface area contributed by atoms with Crippen LogP contribution in [0, 0.1) is 0 Å². The molecule has 0 amide bonds. The van der Waals surface area contributed by atoms with E-state index in [9.17, 15) is 0 Å². The van der Waals surface area contributed by atoms with E-state index in [1.54, 1.807) is 30.7 Å². The first-order valence-corrected chi connectivity index (χ1v) is 17.1. The van der Waals surface area contributed by atoms with Crippen LogP contribution in [-0.4, -0.2) is 42.6 Å². The van der Waals surface area contributed by atoms with Gasteiger partial charge in [-0.25, -0.2) is 9.29 Å². The van der Waals surface area contributed by atoms with Crippen molar-refractivity contribution in [3.8, 4) is 0 Å². The molecule has 0 radical (unpaired) electrons. The summed E-state index contributed by atoms with van der Waals surface area (Å²) >= 11 is 22.6. The monoisotopic (exact) mass is 618 g/mol. The molecular formula is C22H34Cl2N2O6P2S2. The zero-order valence-electron chi connectivity index (χ0n) is 20.9. The van der Waals surface area contributed by atoms with Crippen LogP contribution in [0.5, 0.6) is 0 Å². The Kier molecular flexibility index (Phi) is 17.1. The fraction of sp³-hybridized carbons (Fsp3) is 0.500. The van der Waals surface area contributed by atoms with E-state index >= 15 is 0 Å². The molecular weight excluding hydrogens is 585 g/mol. The molecule has 2 rings (SSSR count). The predicted octanol–water partition coefficient (Wildman–Crippen LogP) is 7.73. The van der Waals surface area contributed by atoms with Crippen molar-refractivity contribution < 1.29 is 27.1 Å². The number of ether oxygens (including phenoxy) is 1. The summed E-state index contributed by atoms with van der Waals surface area (Å²) in [4.78, 5) is 4.02. The zero-order valence-corrected chi connectivity index (χ0v) is 25.8. The second kappa shape index (κ2) is 18.2. The number of halogens is 2. The van der Waals surface area contributed by atoms with Gasteiger partial charge in [0.15, 0.2) is 0 Å². The van der Waals surface area contributed by atoms with Gasteiger partial charge in [0.05, 0.1) is 45.9 Å². The number of benzene rings is 1. The lowest BCUT2D eigenvalue weighted by Crippen LogP contribution is -2.12. The van der Waals surface area contributed by atoms with Crippen LogP contribution >= 0.6 is 36.6 Å². The van der Waals surface area contributed by atoms with E-state index in [0.29, 0.717) is 49.6 Å². The smallest absolute Gasteiger partial charge is 0.334 e. The molecule has 1 aromatic carbocycles. The minimum atomic E-state index is -2.87. The topological polar surface area (TPSA) is 73.2 Å². The molecule has 0 saturated heterocycles. The van der Waals surface area contributed by atoms with E-state index in [4.69, 9.17) is 74.0 Å². The Morgan fingerprint density at radius 3 is 1.97 bits per heavy atom. The van der Waals surface area contributed by atoms with E-state index in [1.165, 1.54) is 0 Å². The molecule has 0 bridgehead atoms. The number of imidazole rings is 1. The molecule has 204 valence electrons. The zero-order chi connectivity index (χ0) is 27.0. The van der Waals surface area contributed by atoms with Crippen LogP contribution in [0.1, 0.15) is 39.4 Å². The van der Waals surface area contributed by atoms with Gasteiger partial charge in [-0.1, -0.05) is 35.3 Å². The van der Waals surface area contributed by atoms with Crippen LogP contribution in [0.4, 0.5) is 0 Å².